The number of hydrogen-bond donors (Lipinski definition) is 2. The van der Waals surface area contributed by atoms with Crippen LogP contribution in [0.1, 0.15) is 59.3 Å². The van der Waals surface area contributed by atoms with E-state index >= 15 is 0 Å². The minimum Gasteiger partial charge on any atom is -0.354 e. The lowest BCUT2D eigenvalue weighted by Gasteiger charge is -2.33. The first-order chi connectivity index (χ1) is 10.9. The molecule has 2 aliphatic rings. The maximum absolute atomic E-state index is 11.9. The van der Waals surface area contributed by atoms with Crippen molar-refractivity contribution in [2.24, 2.45) is 15.8 Å². The second kappa shape index (κ2) is 7.54. The Morgan fingerprint density at radius 2 is 1.74 bits per heavy atom. The quantitative estimate of drug-likeness (QED) is 0.476. The zero-order valence-corrected chi connectivity index (χ0v) is 15.4. The van der Waals surface area contributed by atoms with Crippen molar-refractivity contribution in [3.05, 3.63) is 0 Å². The molecule has 1 amide bonds. The summed E-state index contributed by atoms with van der Waals surface area (Å²) >= 11 is 0. The number of guanidine groups is 1. The van der Waals surface area contributed by atoms with E-state index in [-0.39, 0.29) is 11.3 Å². The van der Waals surface area contributed by atoms with E-state index in [0.29, 0.717) is 12.0 Å². The molecule has 0 aromatic carbocycles. The van der Waals surface area contributed by atoms with Gasteiger partial charge in [-0.1, -0.05) is 40.0 Å². The van der Waals surface area contributed by atoms with Crippen LogP contribution in [-0.2, 0) is 4.79 Å². The van der Waals surface area contributed by atoms with Gasteiger partial charge in [-0.25, -0.2) is 0 Å². The zero-order valence-electron chi connectivity index (χ0n) is 15.4. The molecule has 5 nitrogen and oxygen atoms in total. The predicted molar refractivity (Wildman–Crippen MR) is 95.5 cm³/mol. The molecule has 2 fully saturated rings. The van der Waals surface area contributed by atoms with Crippen LogP contribution in [0.2, 0.25) is 0 Å². The van der Waals surface area contributed by atoms with Crippen molar-refractivity contribution < 1.29 is 4.79 Å². The van der Waals surface area contributed by atoms with E-state index < -0.39 is 0 Å². The van der Waals surface area contributed by atoms with Crippen molar-refractivity contribution in [2.75, 3.05) is 33.2 Å². The Labute approximate surface area is 141 Å². The third-order valence-electron chi connectivity index (χ3n) is 5.24. The van der Waals surface area contributed by atoms with Gasteiger partial charge in [0, 0.05) is 38.6 Å². The standard InChI is InChI=1S/C18H34N4O/c1-17(2,3)15(23)20-11-12-21-16(19-4)22-13-10-18(14-22)8-6-5-7-9-18/h5-14H2,1-4H3,(H,19,21)(H,20,23). The van der Waals surface area contributed by atoms with Crippen LogP contribution in [0.25, 0.3) is 0 Å². The highest BCUT2D eigenvalue weighted by atomic mass is 16.2. The Morgan fingerprint density at radius 1 is 1.09 bits per heavy atom. The Hall–Kier alpha value is -1.26. The van der Waals surface area contributed by atoms with Gasteiger partial charge in [-0.05, 0) is 24.7 Å². The molecule has 0 aromatic rings. The number of rotatable bonds is 3. The van der Waals surface area contributed by atoms with Gasteiger partial charge in [-0.2, -0.15) is 0 Å². The molecule has 1 spiro atoms. The molecule has 1 heterocycles. The van der Waals surface area contributed by atoms with Gasteiger partial charge in [0.2, 0.25) is 5.91 Å². The van der Waals surface area contributed by atoms with Gasteiger partial charge in [0.05, 0.1) is 0 Å². The number of carbonyl (C=O) groups excluding carboxylic acids is 1. The lowest BCUT2D eigenvalue weighted by molar-refractivity contribution is -0.128. The zero-order chi connectivity index (χ0) is 16.9. The summed E-state index contributed by atoms with van der Waals surface area (Å²) in [5, 5.41) is 6.38. The lowest BCUT2D eigenvalue weighted by atomic mass is 9.73. The van der Waals surface area contributed by atoms with E-state index in [1.165, 1.54) is 38.5 Å². The molecule has 0 bridgehead atoms. The molecule has 2 rings (SSSR count). The van der Waals surface area contributed by atoms with Gasteiger partial charge in [-0.15, -0.1) is 0 Å². The highest BCUT2D eigenvalue weighted by Gasteiger charge is 2.39. The summed E-state index contributed by atoms with van der Waals surface area (Å²) in [4.78, 5) is 18.7. The van der Waals surface area contributed by atoms with Crippen LogP contribution in [0.4, 0.5) is 0 Å². The number of carbonyl (C=O) groups is 1. The molecule has 1 saturated carbocycles. The van der Waals surface area contributed by atoms with Crippen LogP contribution in [0, 0.1) is 10.8 Å². The van der Waals surface area contributed by atoms with E-state index in [0.717, 1.165) is 25.6 Å². The minimum absolute atomic E-state index is 0.0941. The van der Waals surface area contributed by atoms with Gasteiger partial charge in [0.1, 0.15) is 0 Å². The van der Waals surface area contributed by atoms with Crippen molar-refractivity contribution in [3.63, 3.8) is 0 Å². The minimum atomic E-state index is -0.329. The third kappa shape index (κ3) is 4.85. The largest absolute Gasteiger partial charge is 0.354 e. The Bertz CT molecular complexity index is 433. The van der Waals surface area contributed by atoms with Crippen molar-refractivity contribution in [3.8, 4) is 0 Å². The van der Waals surface area contributed by atoms with Crippen molar-refractivity contribution >= 4 is 11.9 Å². The molecule has 0 atom stereocenters. The van der Waals surface area contributed by atoms with Crippen LogP contribution in [0.5, 0.6) is 0 Å². The molecule has 0 unspecified atom stereocenters. The molecular formula is C18H34N4O. The summed E-state index contributed by atoms with van der Waals surface area (Å²) < 4.78 is 0. The summed E-state index contributed by atoms with van der Waals surface area (Å²) in [6, 6.07) is 0. The van der Waals surface area contributed by atoms with E-state index in [2.05, 4.69) is 20.5 Å². The first kappa shape index (κ1) is 18.1. The van der Waals surface area contributed by atoms with Crippen LogP contribution >= 0.6 is 0 Å². The maximum atomic E-state index is 11.9. The molecule has 0 radical (unpaired) electrons. The van der Waals surface area contributed by atoms with Crippen LogP contribution in [0.15, 0.2) is 4.99 Å². The van der Waals surface area contributed by atoms with Gasteiger partial charge in [0.25, 0.3) is 0 Å². The van der Waals surface area contributed by atoms with Gasteiger partial charge in [-0.3, -0.25) is 9.79 Å². The molecule has 1 aliphatic heterocycles. The number of hydrogen-bond acceptors (Lipinski definition) is 2. The highest BCUT2D eigenvalue weighted by Crippen LogP contribution is 2.43. The van der Waals surface area contributed by atoms with E-state index in [1.54, 1.807) is 0 Å². The Morgan fingerprint density at radius 3 is 2.35 bits per heavy atom. The third-order valence-corrected chi connectivity index (χ3v) is 5.24. The smallest absolute Gasteiger partial charge is 0.225 e. The highest BCUT2D eigenvalue weighted by molar-refractivity contribution is 5.82. The fraction of sp³-hybridized carbons (Fsp3) is 0.889. The van der Waals surface area contributed by atoms with Gasteiger partial charge < -0.3 is 15.5 Å². The summed E-state index contributed by atoms with van der Waals surface area (Å²) in [7, 11) is 1.85. The van der Waals surface area contributed by atoms with E-state index in [4.69, 9.17) is 0 Å². The van der Waals surface area contributed by atoms with Gasteiger partial charge >= 0.3 is 0 Å². The summed E-state index contributed by atoms with van der Waals surface area (Å²) in [6.07, 6.45) is 8.23. The topological polar surface area (TPSA) is 56.7 Å². The van der Waals surface area contributed by atoms with E-state index in [1.807, 2.05) is 27.8 Å². The summed E-state index contributed by atoms with van der Waals surface area (Å²) in [6.45, 7) is 9.40. The van der Waals surface area contributed by atoms with Crippen molar-refractivity contribution in [1.82, 2.24) is 15.5 Å². The first-order valence-electron chi connectivity index (χ1n) is 9.10. The molecule has 5 heteroatoms. The average molecular weight is 322 g/mol. The maximum Gasteiger partial charge on any atom is 0.225 e. The van der Waals surface area contributed by atoms with E-state index in [9.17, 15) is 4.79 Å². The van der Waals surface area contributed by atoms with Crippen molar-refractivity contribution in [1.29, 1.82) is 0 Å². The molecule has 1 saturated heterocycles. The van der Waals surface area contributed by atoms with Crippen LogP contribution in [0.3, 0.4) is 0 Å². The SMILES string of the molecule is CN=C(NCCNC(=O)C(C)(C)C)N1CCC2(CCCCC2)C1. The summed E-state index contributed by atoms with van der Waals surface area (Å²) in [5.41, 5.74) is 0.209. The monoisotopic (exact) mass is 322 g/mol. The number of likely N-dealkylation sites (tertiary alicyclic amines) is 1. The molecule has 1 aliphatic carbocycles. The second-order valence-electron chi connectivity index (χ2n) is 8.21. The Kier molecular flexibility index (Phi) is 5.93. The second-order valence-corrected chi connectivity index (χ2v) is 8.21. The normalized spacial score (nSPS) is 21.6. The molecule has 0 aromatic heterocycles. The lowest BCUT2D eigenvalue weighted by Crippen LogP contribution is -2.45. The predicted octanol–water partition coefficient (Wildman–Crippen LogP) is 2.38. The molecule has 132 valence electrons. The molecular weight excluding hydrogens is 288 g/mol. The van der Waals surface area contributed by atoms with Crippen molar-refractivity contribution in [2.45, 2.75) is 59.3 Å². The Balaban J connectivity index is 1.75. The molecule has 2 N–H and O–H groups in total. The first-order valence-corrected chi connectivity index (χ1v) is 9.10. The summed E-state index contributed by atoms with van der Waals surface area (Å²) in [5.74, 6) is 1.08. The fourth-order valence-electron chi connectivity index (χ4n) is 3.77. The number of nitrogens with one attached hydrogen (secondary N) is 2. The number of amides is 1. The fourth-order valence-corrected chi connectivity index (χ4v) is 3.77. The number of nitrogens with zero attached hydrogens (tertiary/aromatic N) is 2. The number of aliphatic imine (C=N–C) groups is 1. The van der Waals surface area contributed by atoms with Crippen LogP contribution in [-0.4, -0.2) is 50.0 Å². The van der Waals surface area contributed by atoms with Crippen LogP contribution < -0.4 is 10.6 Å². The van der Waals surface area contributed by atoms with Gasteiger partial charge in [0.15, 0.2) is 5.96 Å². The average Bonchev–Trinajstić information content (AvgIpc) is 2.90. The molecule has 23 heavy (non-hydrogen) atoms.